The second-order valence-corrected chi connectivity index (χ2v) is 8.23. The van der Waals surface area contributed by atoms with Gasteiger partial charge in [-0.05, 0) is 17.7 Å². The first-order chi connectivity index (χ1) is 17.2. The highest BCUT2D eigenvalue weighted by Gasteiger charge is 2.25. The molecule has 0 radical (unpaired) electrons. The molecule has 0 spiro atoms. The van der Waals surface area contributed by atoms with Crippen LogP contribution in [0.15, 0.2) is 79.6 Å². The maximum Gasteiger partial charge on any atom is 0.415 e. The Kier molecular flexibility index (Phi) is 6.56. The lowest BCUT2D eigenvalue weighted by molar-refractivity contribution is 0.149. The molecular formula is C26H27N7O2. The zero-order chi connectivity index (χ0) is 24.0. The summed E-state index contributed by atoms with van der Waals surface area (Å²) >= 11 is 0. The first kappa shape index (κ1) is 22.4. The molecule has 0 bridgehead atoms. The van der Waals surface area contributed by atoms with E-state index in [0.29, 0.717) is 56.8 Å². The third kappa shape index (κ3) is 5.08. The highest BCUT2D eigenvalue weighted by Crippen LogP contribution is 2.24. The monoisotopic (exact) mass is 469 g/mol. The highest BCUT2D eigenvalue weighted by molar-refractivity contribution is 5.84. The number of amides is 1. The Labute approximate surface area is 203 Å². The number of ether oxygens (including phenoxy) is 1. The molecule has 3 heterocycles. The lowest BCUT2D eigenvalue weighted by Crippen LogP contribution is -2.50. The minimum Gasteiger partial charge on any atom is -0.410 e. The van der Waals surface area contributed by atoms with E-state index in [0.717, 1.165) is 16.7 Å². The number of carbonyl (C=O) groups excluding carboxylic acids is 1. The van der Waals surface area contributed by atoms with Crippen LogP contribution in [0.5, 0.6) is 5.75 Å². The predicted octanol–water partition coefficient (Wildman–Crippen LogP) is 3.79. The maximum atomic E-state index is 12.6. The molecule has 0 saturated carbocycles. The summed E-state index contributed by atoms with van der Waals surface area (Å²) in [5, 5.41) is 3.29. The largest absolute Gasteiger partial charge is 0.415 e. The van der Waals surface area contributed by atoms with Gasteiger partial charge in [0.05, 0.1) is 12.9 Å². The molecule has 2 aromatic carbocycles. The Morgan fingerprint density at radius 2 is 1.71 bits per heavy atom. The van der Waals surface area contributed by atoms with Gasteiger partial charge in [-0.3, -0.25) is 0 Å². The first-order valence-electron chi connectivity index (χ1n) is 11.6. The summed E-state index contributed by atoms with van der Waals surface area (Å²) in [4.78, 5) is 30.6. The van der Waals surface area contributed by atoms with Crippen LogP contribution in [0, 0.1) is 0 Å². The van der Waals surface area contributed by atoms with E-state index < -0.39 is 0 Å². The smallest absolute Gasteiger partial charge is 0.410 e. The van der Waals surface area contributed by atoms with E-state index >= 15 is 0 Å². The zero-order valence-electron chi connectivity index (χ0n) is 19.4. The summed E-state index contributed by atoms with van der Waals surface area (Å²) < 4.78 is 7.51. The molecule has 9 nitrogen and oxygen atoms in total. The first-order valence-corrected chi connectivity index (χ1v) is 11.6. The van der Waals surface area contributed by atoms with Crippen molar-refractivity contribution >= 4 is 29.0 Å². The zero-order valence-corrected chi connectivity index (χ0v) is 19.4. The van der Waals surface area contributed by atoms with Crippen molar-refractivity contribution in [3.63, 3.8) is 0 Å². The molecule has 0 atom stereocenters. The number of fused-ring (bicyclic) bond motifs is 1. The Morgan fingerprint density at radius 1 is 1.00 bits per heavy atom. The van der Waals surface area contributed by atoms with Crippen LogP contribution in [0.3, 0.4) is 0 Å². The van der Waals surface area contributed by atoms with Crippen molar-refractivity contribution < 1.29 is 9.53 Å². The number of rotatable bonds is 7. The van der Waals surface area contributed by atoms with Gasteiger partial charge in [0.15, 0.2) is 17.0 Å². The Hall–Kier alpha value is -4.40. The fourth-order valence-electron chi connectivity index (χ4n) is 4.01. The van der Waals surface area contributed by atoms with Gasteiger partial charge in [-0.25, -0.2) is 9.78 Å². The predicted molar refractivity (Wildman–Crippen MR) is 136 cm³/mol. The summed E-state index contributed by atoms with van der Waals surface area (Å²) in [5.41, 5.74) is 2.64. The molecule has 2 aromatic heterocycles. The summed E-state index contributed by atoms with van der Waals surface area (Å²) in [7, 11) is 0. The fourth-order valence-corrected chi connectivity index (χ4v) is 4.01. The van der Waals surface area contributed by atoms with Crippen LogP contribution in [0.2, 0.25) is 0 Å². The highest BCUT2D eigenvalue weighted by atomic mass is 16.6. The van der Waals surface area contributed by atoms with Gasteiger partial charge in [-0.1, -0.05) is 54.6 Å². The van der Waals surface area contributed by atoms with Gasteiger partial charge in [-0.2, -0.15) is 9.97 Å². The SMILES string of the molecule is C=CCNc1nc(N2CCN(C(=O)Oc3ccccc3)CC2)nc2c1ncn2Cc1ccccc1. The van der Waals surface area contributed by atoms with Crippen molar-refractivity contribution in [3.8, 4) is 5.75 Å². The molecule has 1 amide bonds. The number of aromatic nitrogens is 4. The van der Waals surface area contributed by atoms with Crippen molar-refractivity contribution in [2.24, 2.45) is 0 Å². The number of nitrogens with zero attached hydrogens (tertiary/aromatic N) is 6. The number of para-hydroxylation sites is 1. The molecule has 9 heteroatoms. The minimum absolute atomic E-state index is 0.346. The van der Waals surface area contributed by atoms with E-state index in [9.17, 15) is 4.79 Å². The van der Waals surface area contributed by atoms with Crippen LogP contribution in [0.4, 0.5) is 16.6 Å². The second kappa shape index (κ2) is 10.3. The quantitative estimate of drug-likeness (QED) is 0.412. The third-order valence-electron chi connectivity index (χ3n) is 5.83. The molecule has 35 heavy (non-hydrogen) atoms. The molecule has 1 aliphatic heterocycles. The van der Waals surface area contributed by atoms with Crippen LogP contribution in [0.25, 0.3) is 11.2 Å². The maximum absolute atomic E-state index is 12.6. The van der Waals surface area contributed by atoms with Crippen LogP contribution < -0.4 is 15.0 Å². The molecule has 178 valence electrons. The second-order valence-electron chi connectivity index (χ2n) is 8.23. The van der Waals surface area contributed by atoms with Gasteiger partial charge in [0.1, 0.15) is 5.75 Å². The standard InChI is InChI=1S/C26H27N7O2/c1-2-13-27-23-22-24(33(19-28-22)18-20-9-5-3-6-10-20)30-25(29-23)31-14-16-32(17-15-31)26(34)35-21-11-7-4-8-12-21/h2-12,19H,1,13-18H2,(H,27,29,30). The molecule has 1 N–H and O–H groups in total. The number of anilines is 2. The van der Waals surface area contributed by atoms with Crippen LogP contribution in [-0.4, -0.2) is 63.2 Å². The third-order valence-corrected chi connectivity index (χ3v) is 5.83. The number of nitrogens with one attached hydrogen (secondary N) is 1. The average molecular weight is 470 g/mol. The Morgan fingerprint density at radius 3 is 2.43 bits per heavy atom. The molecule has 1 saturated heterocycles. The number of imidazole rings is 1. The molecule has 4 aromatic rings. The van der Waals surface area contributed by atoms with Crippen LogP contribution >= 0.6 is 0 Å². The van der Waals surface area contributed by atoms with Crippen molar-refractivity contribution in [2.75, 3.05) is 42.9 Å². The van der Waals surface area contributed by atoms with E-state index in [-0.39, 0.29) is 6.09 Å². The summed E-state index contributed by atoms with van der Waals surface area (Å²) in [6, 6.07) is 19.3. The Balaban J connectivity index is 1.35. The topological polar surface area (TPSA) is 88.4 Å². The van der Waals surface area contributed by atoms with E-state index in [1.807, 2.05) is 41.0 Å². The molecule has 1 aliphatic rings. The van der Waals surface area contributed by atoms with E-state index in [2.05, 4.69) is 33.9 Å². The number of hydrogen-bond donors (Lipinski definition) is 1. The van der Waals surface area contributed by atoms with Gasteiger partial charge in [0.2, 0.25) is 5.95 Å². The van der Waals surface area contributed by atoms with Crippen molar-refractivity contribution in [2.45, 2.75) is 6.54 Å². The molecular weight excluding hydrogens is 442 g/mol. The molecule has 5 rings (SSSR count). The van der Waals surface area contributed by atoms with Crippen LogP contribution in [-0.2, 0) is 6.54 Å². The summed E-state index contributed by atoms with van der Waals surface area (Å²) in [6.07, 6.45) is 3.24. The number of hydrogen-bond acceptors (Lipinski definition) is 7. The number of carbonyl (C=O) groups is 1. The van der Waals surface area contributed by atoms with E-state index in [1.165, 1.54) is 0 Å². The normalized spacial score (nSPS) is 13.6. The van der Waals surface area contributed by atoms with E-state index in [4.69, 9.17) is 14.7 Å². The number of piperazine rings is 1. The average Bonchev–Trinajstić information content (AvgIpc) is 3.31. The van der Waals surface area contributed by atoms with Crippen molar-refractivity contribution in [1.29, 1.82) is 0 Å². The van der Waals surface area contributed by atoms with Gasteiger partial charge >= 0.3 is 6.09 Å². The molecule has 0 aliphatic carbocycles. The van der Waals surface area contributed by atoms with Gasteiger partial charge in [0, 0.05) is 32.7 Å². The molecule has 1 fully saturated rings. The summed E-state index contributed by atoms with van der Waals surface area (Å²) in [6.45, 7) is 7.26. The molecule has 0 unspecified atom stereocenters. The van der Waals surface area contributed by atoms with Gasteiger partial charge in [0.25, 0.3) is 0 Å². The lowest BCUT2D eigenvalue weighted by Gasteiger charge is -2.34. The lowest BCUT2D eigenvalue weighted by atomic mass is 10.2. The van der Waals surface area contributed by atoms with Crippen LogP contribution in [0.1, 0.15) is 5.56 Å². The van der Waals surface area contributed by atoms with Crippen molar-refractivity contribution in [1.82, 2.24) is 24.4 Å². The van der Waals surface area contributed by atoms with Crippen molar-refractivity contribution in [3.05, 3.63) is 85.2 Å². The van der Waals surface area contributed by atoms with Gasteiger partial charge < -0.3 is 24.4 Å². The fraction of sp³-hybridized carbons (Fsp3) is 0.231. The minimum atomic E-state index is -0.346. The van der Waals surface area contributed by atoms with E-state index in [1.54, 1.807) is 29.4 Å². The number of benzene rings is 2. The Bertz CT molecular complexity index is 1300. The summed E-state index contributed by atoms with van der Waals surface area (Å²) in [5.74, 6) is 1.82. The van der Waals surface area contributed by atoms with Gasteiger partial charge in [-0.15, -0.1) is 6.58 Å².